The van der Waals surface area contributed by atoms with E-state index in [1.165, 1.54) is 0 Å². The zero-order valence-corrected chi connectivity index (χ0v) is 13.1. The van der Waals surface area contributed by atoms with Crippen LogP contribution in [0.15, 0.2) is 28.7 Å². The number of hydrogen-bond donors (Lipinski definition) is 1. The van der Waals surface area contributed by atoms with Crippen LogP contribution < -0.4 is 5.32 Å². The Kier molecular flexibility index (Phi) is 4.37. The van der Waals surface area contributed by atoms with Gasteiger partial charge in [0.25, 0.3) is 0 Å². The molecule has 0 aliphatic carbocycles. The molecule has 24 heavy (non-hydrogen) atoms. The van der Waals surface area contributed by atoms with Crippen molar-refractivity contribution in [2.75, 3.05) is 11.9 Å². The third-order valence-electron chi connectivity index (χ3n) is 3.65. The van der Waals surface area contributed by atoms with Gasteiger partial charge in [0, 0.05) is 12.8 Å². The molecule has 0 saturated carbocycles. The van der Waals surface area contributed by atoms with Gasteiger partial charge in [-0.3, -0.25) is 24.6 Å². The molecule has 0 bridgehead atoms. The number of aryl methyl sites for hydroxylation is 1. The van der Waals surface area contributed by atoms with Crippen molar-refractivity contribution in [2.45, 2.75) is 26.2 Å². The van der Waals surface area contributed by atoms with Crippen LogP contribution in [0, 0.1) is 6.92 Å². The van der Waals surface area contributed by atoms with Crippen LogP contribution in [0.4, 0.5) is 6.01 Å². The lowest BCUT2D eigenvalue weighted by Gasteiger charge is -2.11. The molecule has 0 spiro atoms. The SMILES string of the molecule is Cc1ccc(Cc2nnc(NC(=O)CN3C(=O)CCC3=O)o2)cc1. The maximum Gasteiger partial charge on any atom is 0.322 e. The van der Waals surface area contributed by atoms with Crippen molar-refractivity contribution in [3.8, 4) is 0 Å². The Hall–Kier alpha value is -3.03. The Morgan fingerprint density at radius 3 is 2.50 bits per heavy atom. The van der Waals surface area contributed by atoms with Crippen molar-refractivity contribution in [1.29, 1.82) is 0 Å². The van der Waals surface area contributed by atoms with E-state index < -0.39 is 5.91 Å². The van der Waals surface area contributed by atoms with E-state index in [0.717, 1.165) is 16.0 Å². The minimum absolute atomic E-state index is 0.0544. The number of aromatic nitrogens is 2. The second kappa shape index (κ2) is 6.61. The minimum Gasteiger partial charge on any atom is -0.407 e. The van der Waals surface area contributed by atoms with Crippen molar-refractivity contribution in [3.63, 3.8) is 0 Å². The number of carbonyl (C=O) groups is 3. The summed E-state index contributed by atoms with van der Waals surface area (Å²) in [6.45, 7) is 1.66. The van der Waals surface area contributed by atoms with E-state index in [2.05, 4.69) is 15.5 Å². The van der Waals surface area contributed by atoms with Crippen LogP contribution in [-0.2, 0) is 20.8 Å². The summed E-state index contributed by atoms with van der Waals surface area (Å²) in [5, 5.41) is 10.0. The van der Waals surface area contributed by atoms with Gasteiger partial charge in [-0.05, 0) is 12.5 Å². The fraction of sp³-hybridized carbons (Fsp3) is 0.312. The first kappa shape index (κ1) is 15.9. The molecule has 0 radical (unpaired) electrons. The van der Waals surface area contributed by atoms with Crippen molar-refractivity contribution >= 4 is 23.7 Å². The van der Waals surface area contributed by atoms with Gasteiger partial charge in [-0.2, -0.15) is 0 Å². The number of hydrogen-bond acceptors (Lipinski definition) is 6. The van der Waals surface area contributed by atoms with Crippen LogP contribution in [0.25, 0.3) is 0 Å². The zero-order chi connectivity index (χ0) is 17.1. The van der Waals surface area contributed by atoms with Crippen molar-refractivity contribution < 1.29 is 18.8 Å². The number of anilines is 1. The van der Waals surface area contributed by atoms with Crippen LogP contribution in [0.2, 0.25) is 0 Å². The van der Waals surface area contributed by atoms with Gasteiger partial charge in [0.05, 0.1) is 6.42 Å². The molecule has 3 rings (SSSR count). The smallest absolute Gasteiger partial charge is 0.322 e. The second-order valence-corrected chi connectivity index (χ2v) is 5.59. The lowest BCUT2D eigenvalue weighted by Crippen LogP contribution is -2.36. The number of likely N-dealkylation sites (tertiary alicyclic amines) is 1. The average molecular weight is 328 g/mol. The van der Waals surface area contributed by atoms with Crippen LogP contribution in [-0.4, -0.2) is 39.4 Å². The molecule has 3 amide bonds. The summed E-state index contributed by atoms with van der Waals surface area (Å²) in [5.74, 6) is -0.881. The fourth-order valence-electron chi connectivity index (χ4n) is 2.36. The highest BCUT2D eigenvalue weighted by Crippen LogP contribution is 2.14. The molecule has 1 N–H and O–H groups in total. The second-order valence-electron chi connectivity index (χ2n) is 5.59. The average Bonchev–Trinajstić information content (AvgIpc) is 3.11. The lowest BCUT2D eigenvalue weighted by atomic mass is 10.1. The van der Waals surface area contributed by atoms with E-state index in [-0.39, 0.29) is 37.2 Å². The van der Waals surface area contributed by atoms with E-state index in [9.17, 15) is 14.4 Å². The molecule has 1 aromatic heterocycles. The number of rotatable bonds is 5. The summed E-state index contributed by atoms with van der Waals surface area (Å²) in [4.78, 5) is 35.8. The van der Waals surface area contributed by atoms with Crippen molar-refractivity contribution in [2.24, 2.45) is 0 Å². The van der Waals surface area contributed by atoms with Gasteiger partial charge in [-0.25, -0.2) is 0 Å². The molecular weight excluding hydrogens is 312 g/mol. The van der Waals surface area contributed by atoms with Crippen LogP contribution in [0.1, 0.15) is 29.9 Å². The highest BCUT2D eigenvalue weighted by Gasteiger charge is 2.30. The number of nitrogens with one attached hydrogen (secondary N) is 1. The van der Waals surface area contributed by atoms with Gasteiger partial charge in [0.2, 0.25) is 23.6 Å². The molecule has 1 saturated heterocycles. The molecule has 1 aliphatic heterocycles. The molecule has 1 aliphatic rings. The maximum absolute atomic E-state index is 11.9. The first-order valence-corrected chi connectivity index (χ1v) is 7.52. The third-order valence-corrected chi connectivity index (χ3v) is 3.65. The topological polar surface area (TPSA) is 105 Å². The predicted octanol–water partition coefficient (Wildman–Crippen LogP) is 1.06. The number of nitrogens with zero attached hydrogens (tertiary/aromatic N) is 3. The molecule has 2 aromatic rings. The highest BCUT2D eigenvalue weighted by molar-refractivity contribution is 6.05. The van der Waals surface area contributed by atoms with E-state index in [0.29, 0.717) is 12.3 Å². The first-order valence-electron chi connectivity index (χ1n) is 7.52. The molecule has 2 heterocycles. The number of carbonyl (C=O) groups excluding carboxylic acids is 3. The zero-order valence-electron chi connectivity index (χ0n) is 13.1. The molecule has 8 nitrogen and oxygen atoms in total. The van der Waals surface area contributed by atoms with Gasteiger partial charge in [-0.15, -0.1) is 5.10 Å². The van der Waals surface area contributed by atoms with Gasteiger partial charge < -0.3 is 4.42 Å². The van der Waals surface area contributed by atoms with Crippen LogP contribution >= 0.6 is 0 Å². The first-order chi connectivity index (χ1) is 11.5. The molecular formula is C16H16N4O4. The van der Waals surface area contributed by atoms with E-state index in [1.807, 2.05) is 31.2 Å². The summed E-state index contributed by atoms with van der Waals surface area (Å²) >= 11 is 0. The van der Waals surface area contributed by atoms with E-state index in [1.54, 1.807) is 0 Å². The Morgan fingerprint density at radius 2 is 1.83 bits per heavy atom. The van der Waals surface area contributed by atoms with Crippen LogP contribution in [0.5, 0.6) is 0 Å². The van der Waals surface area contributed by atoms with Gasteiger partial charge in [-0.1, -0.05) is 34.9 Å². The van der Waals surface area contributed by atoms with Crippen molar-refractivity contribution in [1.82, 2.24) is 15.1 Å². The monoisotopic (exact) mass is 328 g/mol. The van der Waals surface area contributed by atoms with Gasteiger partial charge in [0.1, 0.15) is 6.54 Å². The van der Waals surface area contributed by atoms with E-state index >= 15 is 0 Å². The predicted molar refractivity (Wildman–Crippen MR) is 82.9 cm³/mol. The molecule has 1 aromatic carbocycles. The quantitative estimate of drug-likeness (QED) is 0.823. The van der Waals surface area contributed by atoms with Gasteiger partial charge in [0.15, 0.2) is 0 Å². The Morgan fingerprint density at radius 1 is 1.17 bits per heavy atom. The Labute approximate surface area is 137 Å². The summed E-state index contributed by atoms with van der Waals surface area (Å²) in [5.41, 5.74) is 2.17. The largest absolute Gasteiger partial charge is 0.407 e. The van der Waals surface area contributed by atoms with E-state index in [4.69, 9.17) is 4.42 Å². The number of amides is 3. The molecule has 0 atom stereocenters. The Balaban J connectivity index is 1.57. The van der Waals surface area contributed by atoms with Crippen LogP contribution in [0.3, 0.4) is 0 Å². The maximum atomic E-state index is 11.9. The summed E-state index contributed by atoms with van der Waals surface area (Å²) in [6, 6.07) is 7.84. The number of benzene rings is 1. The molecule has 0 unspecified atom stereocenters. The summed E-state index contributed by atoms with van der Waals surface area (Å²) in [7, 11) is 0. The molecule has 124 valence electrons. The Bertz CT molecular complexity index is 766. The molecule has 8 heteroatoms. The number of imide groups is 1. The fourth-order valence-corrected chi connectivity index (χ4v) is 2.36. The lowest BCUT2D eigenvalue weighted by molar-refractivity contribution is -0.141. The highest BCUT2D eigenvalue weighted by atomic mass is 16.4. The normalized spacial score (nSPS) is 14.3. The standard InChI is InChI=1S/C16H16N4O4/c1-10-2-4-11(5-3-10)8-13-18-19-16(24-13)17-12(21)9-20-14(22)6-7-15(20)23/h2-5H,6-9H2,1H3,(H,17,19,21). The van der Waals surface area contributed by atoms with Gasteiger partial charge >= 0.3 is 6.01 Å². The third kappa shape index (κ3) is 3.65. The summed E-state index contributed by atoms with van der Waals surface area (Å²) in [6.07, 6.45) is 0.743. The summed E-state index contributed by atoms with van der Waals surface area (Å²) < 4.78 is 5.36. The molecule has 1 fully saturated rings. The van der Waals surface area contributed by atoms with Crippen molar-refractivity contribution in [3.05, 3.63) is 41.3 Å². The minimum atomic E-state index is -0.552.